The van der Waals surface area contributed by atoms with Crippen LogP contribution < -0.4 is 5.32 Å². The van der Waals surface area contributed by atoms with E-state index in [1.54, 1.807) is 12.4 Å². The number of aryl methyl sites for hydroxylation is 2. The molecule has 0 aliphatic heterocycles. The maximum absolute atomic E-state index is 12.6. The molecule has 0 saturated carbocycles. The zero-order valence-electron chi connectivity index (χ0n) is 17.7. The maximum atomic E-state index is 12.6. The van der Waals surface area contributed by atoms with Crippen LogP contribution in [0, 0.1) is 6.92 Å². The number of carbonyl (C=O) groups excluding carboxylic acids is 1. The lowest BCUT2D eigenvalue weighted by molar-refractivity contribution is -0.113. The molecule has 162 valence electrons. The normalized spacial score (nSPS) is 10.8. The van der Waals surface area contributed by atoms with Gasteiger partial charge in [-0.25, -0.2) is 0 Å². The number of thioether (sulfide) groups is 1. The van der Waals surface area contributed by atoms with Gasteiger partial charge in [0.1, 0.15) is 0 Å². The summed E-state index contributed by atoms with van der Waals surface area (Å²) in [5.74, 6) is 0.835. The largest absolute Gasteiger partial charge is 0.325 e. The second kappa shape index (κ2) is 10.1. The predicted molar refractivity (Wildman–Crippen MR) is 132 cm³/mol. The zero-order chi connectivity index (χ0) is 22.5. The Bertz CT molecular complexity index is 1230. The van der Waals surface area contributed by atoms with Gasteiger partial charge in [0.15, 0.2) is 11.0 Å². The van der Waals surface area contributed by atoms with Gasteiger partial charge < -0.3 is 5.32 Å². The fourth-order valence-electron chi connectivity index (χ4n) is 3.25. The summed E-state index contributed by atoms with van der Waals surface area (Å²) in [6, 6.07) is 17.9. The van der Waals surface area contributed by atoms with Crippen molar-refractivity contribution in [3.63, 3.8) is 0 Å². The standard InChI is InChI=1S/C24H22BrN5OS/c1-3-17-4-7-20(8-5-17)30-23(18-10-12-26-13-11-18)28-29-24(30)32-15-22(31)27-21-9-6-19(25)14-16(21)2/h4-14H,3,15H2,1-2H3,(H,27,31). The second-order valence-electron chi connectivity index (χ2n) is 7.19. The van der Waals surface area contributed by atoms with Crippen molar-refractivity contribution in [2.45, 2.75) is 25.4 Å². The second-order valence-corrected chi connectivity index (χ2v) is 9.05. The number of carbonyl (C=O) groups is 1. The highest BCUT2D eigenvalue weighted by Crippen LogP contribution is 2.28. The lowest BCUT2D eigenvalue weighted by Gasteiger charge is -2.12. The molecule has 2 aromatic heterocycles. The van der Waals surface area contributed by atoms with Gasteiger partial charge in [0.05, 0.1) is 5.75 Å². The van der Waals surface area contributed by atoms with Crippen LogP contribution in [0.3, 0.4) is 0 Å². The minimum Gasteiger partial charge on any atom is -0.325 e. The molecule has 1 N–H and O–H groups in total. The number of rotatable bonds is 7. The molecule has 0 aliphatic carbocycles. The molecule has 0 saturated heterocycles. The van der Waals surface area contributed by atoms with E-state index in [4.69, 9.17) is 0 Å². The van der Waals surface area contributed by atoms with Gasteiger partial charge in [0.25, 0.3) is 0 Å². The monoisotopic (exact) mass is 507 g/mol. The molecule has 4 rings (SSSR count). The average Bonchev–Trinajstić information content (AvgIpc) is 3.24. The van der Waals surface area contributed by atoms with Crippen LogP contribution in [-0.2, 0) is 11.2 Å². The van der Waals surface area contributed by atoms with Gasteiger partial charge in [-0.3, -0.25) is 14.3 Å². The van der Waals surface area contributed by atoms with E-state index in [0.29, 0.717) is 11.0 Å². The molecule has 0 radical (unpaired) electrons. The van der Waals surface area contributed by atoms with E-state index >= 15 is 0 Å². The highest BCUT2D eigenvalue weighted by Gasteiger charge is 2.17. The molecule has 0 unspecified atom stereocenters. The minimum absolute atomic E-state index is 0.0956. The van der Waals surface area contributed by atoms with E-state index in [2.05, 4.69) is 67.6 Å². The summed E-state index contributed by atoms with van der Waals surface area (Å²) in [7, 11) is 0. The Morgan fingerprint density at radius 2 is 1.81 bits per heavy atom. The van der Waals surface area contributed by atoms with Crippen LogP contribution in [0.1, 0.15) is 18.1 Å². The third-order valence-electron chi connectivity index (χ3n) is 4.97. The first-order chi connectivity index (χ1) is 15.5. The number of anilines is 1. The summed E-state index contributed by atoms with van der Waals surface area (Å²) in [5, 5.41) is 12.4. The van der Waals surface area contributed by atoms with Gasteiger partial charge >= 0.3 is 0 Å². The van der Waals surface area contributed by atoms with Gasteiger partial charge in [-0.15, -0.1) is 10.2 Å². The Kier molecular flexibility index (Phi) is 7.02. The number of pyridine rings is 1. The van der Waals surface area contributed by atoms with E-state index < -0.39 is 0 Å². The number of benzene rings is 2. The molecule has 8 heteroatoms. The smallest absolute Gasteiger partial charge is 0.234 e. The SMILES string of the molecule is CCc1ccc(-n2c(SCC(=O)Nc3ccc(Br)cc3C)nnc2-c2ccncc2)cc1. The molecular weight excluding hydrogens is 486 g/mol. The topological polar surface area (TPSA) is 72.7 Å². The van der Waals surface area contributed by atoms with E-state index in [9.17, 15) is 4.79 Å². The fraction of sp³-hybridized carbons (Fsp3) is 0.167. The molecule has 6 nitrogen and oxygen atoms in total. The first-order valence-corrected chi connectivity index (χ1v) is 12.0. The number of hydrogen-bond donors (Lipinski definition) is 1. The molecule has 4 aromatic rings. The minimum atomic E-state index is -0.0956. The molecule has 2 aromatic carbocycles. The number of nitrogens with zero attached hydrogens (tertiary/aromatic N) is 4. The Hall–Kier alpha value is -2.97. The van der Waals surface area contributed by atoms with Gasteiger partial charge in [0.2, 0.25) is 5.91 Å². The molecule has 0 spiro atoms. The van der Waals surface area contributed by atoms with Crippen LogP contribution in [-0.4, -0.2) is 31.4 Å². The summed E-state index contributed by atoms with van der Waals surface area (Å²) in [6.45, 7) is 4.09. The van der Waals surface area contributed by atoms with Crippen LogP contribution in [0.15, 0.2) is 76.6 Å². The van der Waals surface area contributed by atoms with Crippen molar-refractivity contribution < 1.29 is 4.79 Å². The molecule has 0 atom stereocenters. The van der Waals surface area contributed by atoms with E-state index in [0.717, 1.165) is 33.4 Å². The number of halogens is 1. The van der Waals surface area contributed by atoms with E-state index in [-0.39, 0.29) is 11.7 Å². The predicted octanol–water partition coefficient (Wildman–Crippen LogP) is 5.69. The van der Waals surface area contributed by atoms with Crippen LogP contribution in [0.5, 0.6) is 0 Å². The van der Waals surface area contributed by atoms with Crippen molar-refractivity contribution >= 4 is 39.3 Å². The Balaban J connectivity index is 1.59. The maximum Gasteiger partial charge on any atom is 0.234 e. The van der Waals surface area contributed by atoms with Crippen LogP contribution in [0.25, 0.3) is 17.1 Å². The quantitative estimate of drug-likeness (QED) is 0.325. The number of aromatic nitrogens is 4. The highest BCUT2D eigenvalue weighted by molar-refractivity contribution is 9.10. The number of nitrogens with one attached hydrogen (secondary N) is 1. The third kappa shape index (κ3) is 5.08. The van der Waals surface area contributed by atoms with Crippen molar-refractivity contribution in [2.24, 2.45) is 0 Å². The summed E-state index contributed by atoms with van der Waals surface area (Å²) in [5.41, 5.74) is 4.91. The molecule has 32 heavy (non-hydrogen) atoms. The molecular formula is C24H22BrN5OS. The summed E-state index contributed by atoms with van der Waals surface area (Å²) in [6.07, 6.45) is 4.43. The lowest BCUT2D eigenvalue weighted by atomic mass is 10.1. The molecule has 0 bridgehead atoms. The van der Waals surface area contributed by atoms with Crippen molar-refractivity contribution in [1.29, 1.82) is 0 Å². The summed E-state index contributed by atoms with van der Waals surface area (Å²) in [4.78, 5) is 16.7. The van der Waals surface area contributed by atoms with Gasteiger partial charge in [-0.2, -0.15) is 0 Å². The van der Waals surface area contributed by atoms with Gasteiger partial charge in [-0.05, 0) is 66.9 Å². The zero-order valence-corrected chi connectivity index (χ0v) is 20.2. The fourth-order valence-corrected chi connectivity index (χ4v) is 4.48. The Morgan fingerprint density at radius 3 is 2.50 bits per heavy atom. The highest BCUT2D eigenvalue weighted by atomic mass is 79.9. The molecule has 2 heterocycles. The Morgan fingerprint density at radius 1 is 1.06 bits per heavy atom. The van der Waals surface area contributed by atoms with E-state index in [1.807, 2.05) is 41.8 Å². The summed E-state index contributed by atoms with van der Waals surface area (Å²) >= 11 is 4.80. The molecule has 1 amide bonds. The average molecular weight is 508 g/mol. The van der Waals surface area contributed by atoms with Gasteiger partial charge in [-0.1, -0.05) is 46.7 Å². The Labute approximate surface area is 199 Å². The van der Waals surface area contributed by atoms with E-state index in [1.165, 1.54) is 17.3 Å². The number of amides is 1. The van der Waals surface area contributed by atoms with Crippen LogP contribution in [0.4, 0.5) is 5.69 Å². The first kappa shape index (κ1) is 22.2. The van der Waals surface area contributed by atoms with Crippen molar-refractivity contribution in [2.75, 3.05) is 11.1 Å². The molecule has 0 fully saturated rings. The first-order valence-electron chi connectivity index (χ1n) is 10.2. The third-order valence-corrected chi connectivity index (χ3v) is 6.39. The van der Waals surface area contributed by atoms with Crippen molar-refractivity contribution in [3.8, 4) is 17.1 Å². The molecule has 0 aliphatic rings. The van der Waals surface area contributed by atoms with Crippen LogP contribution >= 0.6 is 27.7 Å². The van der Waals surface area contributed by atoms with Crippen molar-refractivity contribution in [1.82, 2.24) is 19.7 Å². The van der Waals surface area contributed by atoms with Crippen LogP contribution in [0.2, 0.25) is 0 Å². The van der Waals surface area contributed by atoms with Gasteiger partial charge in [0, 0.05) is 33.8 Å². The summed E-state index contributed by atoms with van der Waals surface area (Å²) < 4.78 is 2.96. The number of hydrogen-bond acceptors (Lipinski definition) is 5. The van der Waals surface area contributed by atoms with Crippen molar-refractivity contribution in [3.05, 3.63) is 82.6 Å². The lowest BCUT2D eigenvalue weighted by Crippen LogP contribution is -2.15.